The van der Waals surface area contributed by atoms with Gasteiger partial charge in [0.1, 0.15) is 5.84 Å². The fourth-order valence-electron chi connectivity index (χ4n) is 2.66. The van der Waals surface area contributed by atoms with Crippen molar-refractivity contribution < 1.29 is 9.60 Å². The van der Waals surface area contributed by atoms with Crippen LogP contribution in [0, 0.1) is 0 Å². The molecule has 0 saturated carbocycles. The molecule has 1 saturated heterocycles. The number of nitrogens with zero attached hydrogens (tertiary/aromatic N) is 3. The fourth-order valence-corrected chi connectivity index (χ4v) is 2.79. The van der Waals surface area contributed by atoms with Gasteiger partial charge in [-0.15, -0.1) is 0 Å². The highest BCUT2D eigenvalue weighted by molar-refractivity contribution is 6.31. The first-order valence-corrected chi connectivity index (χ1v) is 7.70. The van der Waals surface area contributed by atoms with Crippen molar-refractivity contribution in [2.75, 3.05) is 38.5 Å². The molecule has 2 heterocycles. The second-order valence-electron chi connectivity index (χ2n) is 5.51. The van der Waals surface area contributed by atoms with Gasteiger partial charge in [0.05, 0.1) is 21.0 Å². The maximum Gasteiger partial charge on any atom is 0.138 e. The van der Waals surface area contributed by atoms with Crippen LogP contribution < -0.4 is 5.32 Å². The summed E-state index contributed by atoms with van der Waals surface area (Å²) in [7, 11) is 1.99. The Balaban J connectivity index is 2.07. The molecule has 0 aliphatic carbocycles. The van der Waals surface area contributed by atoms with Gasteiger partial charge in [0, 0.05) is 42.5 Å². The zero-order chi connectivity index (χ0) is 21.9. The molecule has 23 heavy (non-hydrogen) atoms. The van der Waals surface area contributed by atoms with E-state index in [1.807, 2.05) is 11.9 Å². The lowest BCUT2D eigenvalue weighted by Crippen LogP contribution is -2.47. The highest BCUT2D eigenvalue weighted by Crippen LogP contribution is 2.36. The number of benzene rings is 2. The number of anilines is 2. The van der Waals surface area contributed by atoms with Crippen molar-refractivity contribution in [1.82, 2.24) is 9.80 Å². The Kier molecular flexibility index (Phi) is 2.22. The molecule has 4 nitrogen and oxygen atoms in total. The second kappa shape index (κ2) is 5.87. The van der Waals surface area contributed by atoms with E-state index in [9.17, 15) is 0 Å². The average Bonchev–Trinajstić information content (AvgIpc) is 2.92. The van der Waals surface area contributed by atoms with E-state index in [1.54, 1.807) is 0 Å². The van der Waals surface area contributed by atoms with Crippen LogP contribution in [-0.2, 0) is 0 Å². The molecule has 118 valence electrons. The molecule has 2 aromatic carbocycles. The Morgan fingerprint density at radius 2 is 1.87 bits per heavy atom. The Labute approximate surface area is 151 Å². The summed E-state index contributed by atoms with van der Waals surface area (Å²) < 4.78 is 57.7. The van der Waals surface area contributed by atoms with E-state index in [-0.39, 0.29) is 63.9 Å². The average molecular weight is 334 g/mol. The molecule has 0 radical (unpaired) electrons. The monoisotopic (exact) mass is 333 g/mol. The number of rotatable bonds is 0. The zero-order valence-corrected chi connectivity index (χ0v) is 13.3. The number of piperazine rings is 1. The van der Waals surface area contributed by atoms with Crippen LogP contribution in [0.4, 0.5) is 17.1 Å². The molecule has 5 heteroatoms. The van der Waals surface area contributed by atoms with Crippen molar-refractivity contribution in [1.29, 1.82) is 0 Å². The van der Waals surface area contributed by atoms with Crippen LogP contribution >= 0.6 is 11.6 Å². The van der Waals surface area contributed by atoms with Crippen molar-refractivity contribution in [3.63, 3.8) is 0 Å². The van der Waals surface area contributed by atoms with Crippen molar-refractivity contribution in [3.05, 3.63) is 52.9 Å². The smallest absolute Gasteiger partial charge is 0.138 e. The van der Waals surface area contributed by atoms with Gasteiger partial charge in [0.25, 0.3) is 0 Å². The zero-order valence-electron chi connectivity index (χ0n) is 19.5. The number of hydrogen-bond acceptors (Lipinski definition) is 4. The maximum absolute atomic E-state index is 8.49. The molecule has 0 spiro atoms. The lowest BCUT2D eigenvalue weighted by molar-refractivity contribution is 0.216. The minimum Gasteiger partial charge on any atom is -0.353 e. The van der Waals surface area contributed by atoms with E-state index < -0.39 is 6.04 Å². The summed E-state index contributed by atoms with van der Waals surface area (Å²) in [6.45, 7) is 2.64. The summed E-state index contributed by atoms with van der Waals surface area (Å²) in [5, 5.41) is 2.69. The molecule has 4 rings (SSSR count). The number of hydrogen-bond donors (Lipinski definition) is 1. The molecule has 0 atom stereocenters. The van der Waals surface area contributed by atoms with Gasteiger partial charge >= 0.3 is 0 Å². The molecule has 2 aliphatic rings. The molecule has 2 aliphatic heterocycles. The predicted octanol–water partition coefficient (Wildman–Crippen LogP) is 3.72. The summed E-state index contributed by atoms with van der Waals surface area (Å²) in [5.74, 6) is 0.304. The summed E-state index contributed by atoms with van der Waals surface area (Å²) in [5.41, 5.74) is 0.336. The van der Waals surface area contributed by atoms with Crippen molar-refractivity contribution in [2.24, 2.45) is 4.99 Å². The summed E-state index contributed by atoms with van der Waals surface area (Å²) >= 11 is 6.10. The SMILES string of the molecule is [2H]c1c([2H])c([2H])c2c(c1[2H])Nc1c([2H])c([2H])c(Cl)c([2H])c1N=C2N1CCN(C)CC1. The highest BCUT2D eigenvalue weighted by atomic mass is 35.5. The Hall–Kier alpha value is -2.04. The number of halogens is 1. The van der Waals surface area contributed by atoms with Gasteiger partial charge in [0.2, 0.25) is 0 Å². The van der Waals surface area contributed by atoms with Crippen LogP contribution in [0.2, 0.25) is 5.02 Å². The molecular formula is C18H19ClN4. The highest BCUT2D eigenvalue weighted by Gasteiger charge is 2.23. The Bertz CT molecular complexity index is 1100. The normalized spacial score (nSPS) is 21.9. The van der Waals surface area contributed by atoms with E-state index in [4.69, 9.17) is 21.2 Å². The van der Waals surface area contributed by atoms with Crippen LogP contribution in [0.25, 0.3) is 0 Å². The van der Waals surface area contributed by atoms with Crippen LogP contribution in [0.15, 0.2) is 47.3 Å². The van der Waals surface area contributed by atoms with Gasteiger partial charge in [-0.05, 0) is 37.3 Å². The maximum atomic E-state index is 8.49. The fraction of sp³-hybridized carbons (Fsp3) is 0.278. The van der Waals surface area contributed by atoms with Gasteiger partial charge in [-0.25, -0.2) is 4.99 Å². The van der Waals surface area contributed by atoms with Gasteiger partial charge < -0.3 is 15.1 Å². The number of nitrogens with one attached hydrogen (secondary N) is 1. The molecule has 1 N–H and O–H groups in total. The van der Waals surface area contributed by atoms with E-state index in [2.05, 4.69) is 15.2 Å². The minimum atomic E-state index is -0.412. The van der Waals surface area contributed by atoms with Crippen molar-refractivity contribution in [3.8, 4) is 0 Å². The number of para-hydroxylation sites is 1. The molecule has 2 aromatic rings. The van der Waals surface area contributed by atoms with E-state index >= 15 is 0 Å². The molecular weight excluding hydrogens is 308 g/mol. The molecule has 1 fully saturated rings. The third-order valence-corrected chi connectivity index (χ3v) is 4.13. The molecule has 0 unspecified atom stereocenters. The minimum absolute atomic E-state index is 0.0322. The number of likely N-dealkylation sites (N-methyl/N-ethyl adjacent to an activating group) is 1. The number of amidine groups is 1. The van der Waals surface area contributed by atoms with Gasteiger partial charge in [0.15, 0.2) is 0 Å². The van der Waals surface area contributed by atoms with Gasteiger partial charge in [-0.1, -0.05) is 23.7 Å². The number of fused-ring (bicyclic) bond motifs is 2. The van der Waals surface area contributed by atoms with E-state index in [1.165, 1.54) is 0 Å². The van der Waals surface area contributed by atoms with Crippen LogP contribution in [0.1, 0.15) is 15.2 Å². The van der Waals surface area contributed by atoms with Gasteiger partial charge in [-0.2, -0.15) is 0 Å². The summed E-state index contributed by atoms with van der Waals surface area (Å²) in [6.07, 6.45) is 0. The first kappa shape index (κ1) is 8.71. The van der Waals surface area contributed by atoms with Crippen molar-refractivity contribution >= 4 is 34.5 Å². The topological polar surface area (TPSA) is 30.9 Å². The molecule has 0 amide bonds. The van der Waals surface area contributed by atoms with Gasteiger partial charge in [-0.3, -0.25) is 0 Å². The number of aliphatic imine (C=N–C) groups is 1. The Morgan fingerprint density at radius 3 is 2.70 bits per heavy atom. The van der Waals surface area contributed by atoms with Crippen LogP contribution in [0.3, 0.4) is 0 Å². The van der Waals surface area contributed by atoms with Crippen LogP contribution in [-0.4, -0.2) is 48.9 Å². The molecule has 0 bridgehead atoms. The second-order valence-corrected chi connectivity index (χ2v) is 5.89. The van der Waals surface area contributed by atoms with Crippen molar-refractivity contribution in [2.45, 2.75) is 0 Å². The first-order valence-electron chi connectivity index (χ1n) is 10.8. The third-order valence-electron chi connectivity index (χ3n) is 3.94. The third kappa shape index (κ3) is 2.80. The molecule has 0 aromatic heterocycles. The van der Waals surface area contributed by atoms with Crippen LogP contribution in [0.5, 0.6) is 0 Å². The van der Waals surface area contributed by atoms with E-state index in [0.717, 1.165) is 13.1 Å². The Morgan fingerprint density at radius 1 is 1.09 bits per heavy atom. The summed E-state index contributed by atoms with van der Waals surface area (Å²) in [4.78, 5) is 8.66. The van der Waals surface area contributed by atoms with E-state index in [0.29, 0.717) is 18.9 Å². The lowest BCUT2D eigenvalue weighted by atomic mass is 10.1. The standard InChI is InChI=1S/C18H19ClN4/c1-22-8-10-23(11-9-22)18-14-4-2-3-5-15(14)20-16-7-6-13(19)12-17(16)21-18/h2-7,12,20H,8-11H2,1H3/i2D,3D,4D,5D,6D,7D,12D. The quantitative estimate of drug-likeness (QED) is 0.797. The predicted molar refractivity (Wildman–Crippen MR) is 96.4 cm³/mol. The largest absolute Gasteiger partial charge is 0.353 e. The lowest BCUT2D eigenvalue weighted by Gasteiger charge is -2.34. The first-order chi connectivity index (χ1) is 14.1. The summed E-state index contributed by atoms with van der Waals surface area (Å²) in [6, 6.07) is -2.20.